The molecule has 2 fully saturated rings. The Morgan fingerprint density at radius 3 is 2.51 bits per heavy atom. The van der Waals surface area contributed by atoms with Gasteiger partial charge in [-0.15, -0.1) is 0 Å². The smallest absolute Gasteiger partial charge is 0.374 e. The van der Waals surface area contributed by atoms with Crippen molar-refractivity contribution in [3.05, 3.63) is 52.1 Å². The summed E-state index contributed by atoms with van der Waals surface area (Å²) in [6, 6.07) is 5.60. The summed E-state index contributed by atoms with van der Waals surface area (Å²) in [7, 11) is 0. The van der Waals surface area contributed by atoms with Gasteiger partial charge in [-0.3, -0.25) is 9.59 Å². The summed E-state index contributed by atoms with van der Waals surface area (Å²) in [5.74, 6) is 0.807. The number of alkyl halides is 3. The van der Waals surface area contributed by atoms with E-state index >= 15 is 0 Å². The van der Waals surface area contributed by atoms with Gasteiger partial charge in [0.05, 0.1) is 30.1 Å². The first kappa shape index (κ1) is 24.9. The maximum absolute atomic E-state index is 13.0. The number of rotatable bonds is 4. The lowest BCUT2D eigenvalue weighted by Crippen LogP contribution is -2.51. The SMILES string of the molecule is Cc1ccc2c(=O)[nH]nc(N3CCOC(CC(=O)N4CCN(c5ncc(C(F)(F)F)cn5)CC4)C3)c2c1. The van der Waals surface area contributed by atoms with Crippen molar-refractivity contribution < 1.29 is 22.7 Å². The summed E-state index contributed by atoms with van der Waals surface area (Å²) in [6.45, 7) is 5.06. The van der Waals surface area contributed by atoms with Gasteiger partial charge in [-0.2, -0.15) is 18.3 Å². The summed E-state index contributed by atoms with van der Waals surface area (Å²) < 4.78 is 44.1. The Kier molecular flexibility index (Phi) is 6.71. The van der Waals surface area contributed by atoms with E-state index in [1.54, 1.807) is 15.9 Å². The van der Waals surface area contributed by atoms with Crippen molar-refractivity contribution in [2.75, 3.05) is 55.7 Å². The molecule has 2 saturated heterocycles. The van der Waals surface area contributed by atoms with Gasteiger partial charge in [0, 0.05) is 57.0 Å². The number of fused-ring (bicyclic) bond motifs is 1. The molecular weight excluding hydrogens is 491 g/mol. The van der Waals surface area contributed by atoms with Crippen molar-refractivity contribution in [2.45, 2.75) is 25.6 Å². The van der Waals surface area contributed by atoms with Crippen LogP contribution in [0.3, 0.4) is 0 Å². The largest absolute Gasteiger partial charge is 0.419 e. The summed E-state index contributed by atoms with van der Waals surface area (Å²) in [5, 5.41) is 8.17. The molecule has 0 saturated carbocycles. The zero-order valence-electron chi connectivity index (χ0n) is 20.2. The van der Waals surface area contributed by atoms with Crippen LogP contribution in [-0.2, 0) is 15.7 Å². The van der Waals surface area contributed by atoms with Crippen molar-refractivity contribution in [1.29, 1.82) is 0 Å². The molecule has 13 heteroatoms. The topological polar surface area (TPSA) is 108 Å². The van der Waals surface area contributed by atoms with E-state index in [4.69, 9.17) is 4.74 Å². The number of benzene rings is 1. The van der Waals surface area contributed by atoms with Gasteiger partial charge < -0.3 is 19.4 Å². The number of hydrogen-bond acceptors (Lipinski definition) is 8. The van der Waals surface area contributed by atoms with Crippen molar-refractivity contribution in [3.63, 3.8) is 0 Å². The van der Waals surface area contributed by atoms with Crippen LogP contribution < -0.4 is 15.4 Å². The van der Waals surface area contributed by atoms with Crippen LogP contribution in [0.15, 0.2) is 35.4 Å². The number of aromatic nitrogens is 4. The van der Waals surface area contributed by atoms with Gasteiger partial charge in [0.2, 0.25) is 11.9 Å². The second-order valence-electron chi connectivity index (χ2n) is 9.21. The molecule has 0 bridgehead atoms. The molecule has 5 rings (SSSR count). The van der Waals surface area contributed by atoms with Crippen LogP contribution in [0.5, 0.6) is 0 Å². The molecule has 196 valence electrons. The fourth-order valence-corrected chi connectivity index (χ4v) is 4.65. The number of carbonyl (C=O) groups is 1. The lowest BCUT2D eigenvalue weighted by molar-refractivity contribution is -0.138. The van der Waals surface area contributed by atoms with Crippen molar-refractivity contribution in [2.24, 2.45) is 0 Å². The molecule has 1 atom stereocenters. The number of nitrogens with one attached hydrogen (secondary N) is 1. The minimum absolute atomic E-state index is 0.0602. The van der Waals surface area contributed by atoms with Gasteiger partial charge >= 0.3 is 6.18 Å². The lowest BCUT2D eigenvalue weighted by atomic mass is 10.1. The minimum atomic E-state index is -4.49. The zero-order chi connectivity index (χ0) is 26.2. The van der Waals surface area contributed by atoms with Crippen molar-refractivity contribution >= 4 is 28.4 Å². The normalized spacial score (nSPS) is 18.9. The van der Waals surface area contributed by atoms with E-state index in [1.165, 1.54) is 0 Å². The fraction of sp³-hybridized carbons (Fsp3) is 0.458. The second kappa shape index (κ2) is 9.96. The predicted molar refractivity (Wildman–Crippen MR) is 129 cm³/mol. The highest BCUT2D eigenvalue weighted by atomic mass is 19.4. The molecule has 2 aliphatic heterocycles. The van der Waals surface area contributed by atoms with Crippen LogP contribution in [0.25, 0.3) is 10.8 Å². The van der Waals surface area contributed by atoms with Crippen LogP contribution in [0, 0.1) is 6.92 Å². The Morgan fingerprint density at radius 2 is 1.81 bits per heavy atom. The number of H-pyrrole nitrogens is 1. The molecule has 1 aromatic carbocycles. The summed E-state index contributed by atoms with van der Waals surface area (Å²) >= 11 is 0. The molecule has 0 radical (unpaired) electrons. The van der Waals surface area contributed by atoms with E-state index in [9.17, 15) is 22.8 Å². The molecule has 10 nitrogen and oxygen atoms in total. The maximum Gasteiger partial charge on any atom is 0.419 e. The molecule has 1 unspecified atom stereocenters. The molecule has 2 aromatic heterocycles. The predicted octanol–water partition coefficient (Wildman–Crippen LogP) is 1.98. The van der Waals surface area contributed by atoms with Gasteiger partial charge in [0.25, 0.3) is 5.56 Å². The molecule has 0 aliphatic carbocycles. The number of nitrogens with zero attached hydrogens (tertiary/aromatic N) is 6. The average molecular weight is 518 g/mol. The van der Waals surface area contributed by atoms with Gasteiger partial charge in [-0.25, -0.2) is 15.1 Å². The van der Waals surface area contributed by atoms with Gasteiger partial charge in [-0.1, -0.05) is 11.6 Å². The second-order valence-corrected chi connectivity index (χ2v) is 9.21. The van der Waals surface area contributed by atoms with Crippen LogP contribution in [0.2, 0.25) is 0 Å². The Morgan fingerprint density at radius 1 is 1.08 bits per heavy atom. The fourth-order valence-electron chi connectivity index (χ4n) is 4.65. The number of anilines is 2. The summed E-state index contributed by atoms with van der Waals surface area (Å²) in [5.41, 5.74) is -0.131. The molecule has 4 heterocycles. The number of halogens is 3. The number of aryl methyl sites for hydroxylation is 1. The Balaban J connectivity index is 1.19. The molecule has 2 aliphatic rings. The van der Waals surface area contributed by atoms with Crippen LogP contribution >= 0.6 is 0 Å². The molecule has 1 amide bonds. The number of carbonyl (C=O) groups excluding carboxylic acids is 1. The number of aromatic amines is 1. The Hall–Kier alpha value is -3.74. The number of morpholine rings is 1. The number of amides is 1. The molecule has 0 spiro atoms. The van der Waals surface area contributed by atoms with Gasteiger partial charge in [-0.05, 0) is 19.1 Å². The zero-order valence-corrected chi connectivity index (χ0v) is 20.2. The highest BCUT2D eigenvalue weighted by molar-refractivity contribution is 5.92. The Labute approximate surface area is 210 Å². The number of ether oxygens (including phenoxy) is 1. The minimum Gasteiger partial charge on any atom is -0.374 e. The molecular formula is C24H26F3N7O3. The third-order valence-electron chi connectivity index (χ3n) is 6.65. The number of piperazine rings is 1. The lowest BCUT2D eigenvalue weighted by Gasteiger charge is -2.37. The third-order valence-corrected chi connectivity index (χ3v) is 6.65. The highest BCUT2D eigenvalue weighted by Crippen LogP contribution is 2.29. The summed E-state index contributed by atoms with van der Waals surface area (Å²) in [4.78, 5) is 38.4. The van der Waals surface area contributed by atoms with E-state index in [1.807, 2.05) is 24.0 Å². The maximum atomic E-state index is 13.0. The monoisotopic (exact) mass is 517 g/mol. The standard InChI is InChI=1S/C24H26F3N7O3/c1-15-2-3-18-19(10-15)21(30-31-22(18)36)34-8-9-37-17(14-34)11-20(35)32-4-6-33(7-5-32)23-28-12-16(13-29-23)24(25,26)27/h2-3,10,12-13,17H,4-9,11,14H2,1H3,(H,31,36). The van der Waals surface area contributed by atoms with E-state index in [-0.39, 0.29) is 29.9 Å². The van der Waals surface area contributed by atoms with E-state index in [0.29, 0.717) is 57.1 Å². The van der Waals surface area contributed by atoms with Gasteiger partial charge in [0.1, 0.15) is 0 Å². The first-order valence-corrected chi connectivity index (χ1v) is 12.0. The van der Waals surface area contributed by atoms with Gasteiger partial charge in [0.15, 0.2) is 5.82 Å². The Bertz CT molecular complexity index is 1340. The van der Waals surface area contributed by atoms with Crippen LogP contribution in [-0.4, -0.2) is 83.0 Å². The number of hydrogen-bond donors (Lipinski definition) is 1. The average Bonchev–Trinajstić information content (AvgIpc) is 2.88. The highest BCUT2D eigenvalue weighted by Gasteiger charge is 2.32. The molecule has 37 heavy (non-hydrogen) atoms. The van der Waals surface area contributed by atoms with E-state index in [0.717, 1.165) is 23.3 Å². The van der Waals surface area contributed by atoms with E-state index in [2.05, 4.69) is 20.2 Å². The van der Waals surface area contributed by atoms with E-state index < -0.39 is 11.7 Å². The third kappa shape index (κ3) is 5.36. The first-order chi connectivity index (χ1) is 17.7. The van der Waals surface area contributed by atoms with Crippen molar-refractivity contribution in [1.82, 2.24) is 25.1 Å². The quantitative estimate of drug-likeness (QED) is 0.560. The molecule has 1 N–H and O–H groups in total. The molecule has 3 aromatic rings. The van der Waals surface area contributed by atoms with Crippen LogP contribution in [0.1, 0.15) is 17.5 Å². The first-order valence-electron chi connectivity index (χ1n) is 12.0. The van der Waals surface area contributed by atoms with Crippen LogP contribution in [0.4, 0.5) is 24.9 Å². The van der Waals surface area contributed by atoms with Crippen molar-refractivity contribution in [3.8, 4) is 0 Å². The summed E-state index contributed by atoms with van der Waals surface area (Å²) in [6.07, 6.45) is -3.10.